The summed E-state index contributed by atoms with van der Waals surface area (Å²) in [6.45, 7) is 3.34. The molecule has 1 aromatic rings. The monoisotopic (exact) mass is 240 g/mol. The van der Waals surface area contributed by atoms with E-state index in [1.54, 1.807) is 13.8 Å². The minimum absolute atomic E-state index is 0.102. The highest BCUT2D eigenvalue weighted by Crippen LogP contribution is 2.08. The minimum atomic E-state index is -0.796. The first-order chi connectivity index (χ1) is 7.45. The Morgan fingerprint density at radius 2 is 2.25 bits per heavy atom. The molecule has 0 aromatic carbocycles. The van der Waals surface area contributed by atoms with Crippen molar-refractivity contribution in [2.75, 3.05) is 5.01 Å². The Morgan fingerprint density at radius 1 is 1.62 bits per heavy atom. The number of ketones is 1. The summed E-state index contributed by atoms with van der Waals surface area (Å²) < 4.78 is 0.210. The maximum Gasteiger partial charge on any atom is 0.309 e. The van der Waals surface area contributed by atoms with E-state index in [0.29, 0.717) is 10.7 Å². The van der Waals surface area contributed by atoms with E-state index in [2.05, 4.69) is 9.97 Å². The molecule has 0 saturated carbocycles. The van der Waals surface area contributed by atoms with Crippen LogP contribution >= 0.6 is 12.2 Å². The van der Waals surface area contributed by atoms with Gasteiger partial charge in [-0.15, -0.1) is 0 Å². The van der Waals surface area contributed by atoms with Gasteiger partial charge >= 0.3 is 5.91 Å². The Morgan fingerprint density at radius 3 is 2.75 bits per heavy atom. The number of H-pyrrole nitrogens is 1. The molecule has 3 N–H and O–H groups in total. The van der Waals surface area contributed by atoms with Crippen LogP contribution in [-0.2, 0) is 9.59 Å². The third-order valence-corrected chi connectivity index (χ3v) is 2.08. The maximum atomic E-state index is 11.5. The third-order valence-electron chi connectivity index (χ3n) is 1.89. The molecule has 0 aliphatic carbocycles. The van der Waals surface area contributed by atoms with Crippen molar-refractivity contribution in [3.05, 3.63) is 16.5 Å². The minimum Gasteiger partial charge on any atom is -0.335 e. The summed E-state index contributed by atoms with van der Waals surface area (Å²) in [5.74, 6) is 4.29. The number of aromatic nitrogens is 2. The summed E-state index contributed by atoms with van der Waals surface area (Å²) in [4.78, 5) is 29.3. The second kappa shape index (κ2) is 4.95. The fourth-order valence-corrected chi connectivity index (χ4v) is 1.33. The van der Waals surface area contributed by atoms with Crippen LogP contribution in [0.25, 0.3) is 0 Å². The van der Waals surface area contributed by atoms with Crippen molar-refractivity contribution in [2.24, 2.45) is 5.84 Å². The molecule has 1 amide bonds. The van der Waals surface area contributed by atoms with Gasteiger partial charge in [0.1, 0.15) is 0 Å². The fraction of sp³-hybridized carbons (Fsp3) is 0.333. The Hall–Kier alpha value is -1.60. The van der Waals surface area contributed by atoms with Crippen LogP contribution in [0.4, 0.5) is 5.82 Å². The number of carbonyl (C=O) groups is 2. The zero-order chi connectivity index (χ0) is 12.3. The van der Waals surface area contributed by atoms with Crippen LogP contribution in [0.3, 0.4) is 0 Å². The first-order valence-electron chi connectivity index (χ1n) is 4.65. The summed E-state index contributed by atoms with van der Waals surface area (Å²) in [6.07, 6.45) is 0.102. The van der Waals surface area contributed by atoms with Gasteiger partial charge in [0.25, 0.3) is 0 Å². The predicted molar refractivity (Wildman–Crippen MR) is 61.1 cm³/mol. The number of aromatic amines is 1. The van der Waals surface area contributed by atoms with Gasteiger partial charge in [0, 0.05) is 18.2 Å². The van der Waals surface area contributed by atoms with Gasteiger partial charge in [-0.25, -0.2) is 15.8 Å². The second-order valence-electron chi connectivity index (χ2n) is 3.18. The molecule has 1 heterocycles. The van der Waals surface area contributed by atoms with Crippen molar-refractivity contribution in [3.63, 3.8) is 0 Å². The van der Waals surface area contributed by atoms with Crippen molar-refractivity contribution in [1.82, 2.24) is 9.97 Å². The van der Waals surface area contributed by atoms with Crippen LogP contribution in [-0.4, -0.2) is 21.7 Å². The molecule has 0 aliphatic rings. The van der Waals surface area contributed by atoms with Crippen molar-refractivity contribution in [3.8, 4) is 0 Å². The normalized spacial score (nSPS) is 9.94. The summed E-state index contributed by atoms with van der Waals surface area (Å²) in [5, 5.41) is 0.711. The first-order valence-corrected chi connectivity index (χ1v) is 5.06. The number of hydrogen-bond acceptors (Lipinski definition) is 5. The number of hydrazine groups is 1. The smallest absolute Gasteiger partial charge is 0.309 e. The van der Waals surface area contributed by atoms with Crippen LogP contribution in [0.2, 0.25) is 0 Å². The largest absolute Gasteiger partial charge is 0.335 e. The number of nitrogens with zero attached hydrogens (tertiary/aromatic N) is 2. The van der Waals surface area contributed by atoms with E-state index in [1.165, 1.54) is 6.07 Å². The Labute approximate surface area is 97.4 Å². The summed E-state index contributed by atoms with van der Waals surface area (Å²) in [7, 11) is 0. The van der Waals surface area contributed by atoms with Gasteiger partial charge in [0.15, 0.2) is 10.6 Å². The molecule has 0 aliphatic heterocycles. The number of hydrogen-bond donors (Lipinski definition) is 2. The summed E-state index contributed by atoms with van der Waals surface area (Å²) in [5.41, 5.74) is 0.710. The molecule has 0 atom stereocenters. The highest BCUT2D eigenvalue weighted by molar-refractivity contribution is 7.71. The van der Waals surface area contributed by atoms with Gasteiger partial charge in [-0.05, 0) is 19.1 Å². The molecule has 7 heteroatoms. The van der Waals surface area contributed by atoms with E-state index in [1.807, 2.05) is 0 Å². The molecule has 0 spiro atoms. The molecule has 0 saturated heterocycles. The quantitative estimate of drug-likeness (QED) is 0.266. The van der Waals surface area contributed by atoms with Gasteiger partial charge < -0.3 is 4.98 Å². The predicted octanol–water partition coefficient (Wildman–Crippen LogP) is 0.633. The van der Waals surface area contributed by atoms with E-state index in [9.17, 15) is 9.59 Å². The lowest BCUT2D eigenvalue weighted by Crippen LogP contribution is -2.42. The number of carbonyl (C=O) groups excluding carboxylic acids is 2. The molecule has 0 bridgehead atoms. The van der Waals surface area contributed by atoms with E-state index < -0.39 is 11.7 Å². The third kappa shape index (κ3) is 2.71. The zero-order valence-electron chi connectivity index (χ0n) is 8.98. The van der Waals surface area contributed by atoms with E-state index in [-0.39, 0.29) is 17.0 Å². The number of anilines is 1. The first kappa shape index (κ1) is 12.5. The average Bonchev–Trinajstić information content (AvgIpc) is 2.24. The summed E-state index contributed by atoms with van der Waals surface area (Å²) in [6, 6.07) is 1.54. The number of aryl methyl sites for hydroxylation is 1. The highest BCUT2D eigenvalue weighted by atomic mass is 32.1. The molecule has 0 radical (unpaired) electrons. The topological polar surface area (TPSA) is 92.1 Å². The molecule has 0 fully saturated rings. The number of Topliss-reactive ketones (excluding diaryl/α,β-unsaturated/α-hetero) is 1. The van der Waals surface area contributed by atoms with Crippen molar-refractivity contribution in [1.29, 1.82) is 0 Å². The van der Waals surface area contributed by atoms with E-state index in [0.717, 1.165) is 0 Å². The average molecular weight is 240 g/mol. The second-order valence-corrected chi connectivity index (χ2v) is 3.57. The van der Waals surface area contributed by atoms with Crippen LogP contribution in [0, 0.1) is 11.7 Å². The number of nitrogens with one attached hydrogen (secondary N) is 1. The molecular weight excluding hydrogens is 228 g/mol. The van der Waals surface area contributed by atoms with Crippen LogP contribution in [0.1, 0.15) is 19.0 Å². The Balaban J connectivity index is 3.05. The SMILES string of the molecule is CCC(=O)C(=O)N(N)c1cc(C)[nH]c(=S)n1. The van der Waals surface area contributed by atoms with Gasteiger partial charge in [-0.1, -0.05) is 6.92 Å². The molecule has 16 heavy (non-hydrogen) atoms. The van der Waals surface area contributed by atoms with Gasteiger partial charge in [-0.3, -0.25) is 9.59 Å². The van der Waals surface area contributed by atoms with E-state index in [4.69, 9.17) is 18.1 Å². The van der Waals surface area contributed by atoms with E-state index >= 15 is 0 Å². The van der Waals surface area contributed by atoms with Gasteiger partial charge in [-0.2, -0.15) is 0 Å². The van der Waals surface area contributed by atoms with Gasteiger partial charge in [0.2, 0.25) is 5.78 Å². The molecule has 6 nitrogen and oxygen atoms in total. The molecular formula is C9H12N4O2S. The maximum absolute atomic E-state index is 11.5. The number of amides is 1. The number of nitrogens with two attached hydrogens (primary N) is 1. The van der Waals surface area contributed by atoms with Crippen molar-refractivity contribution in [2.45, 2.75) is 20.3 Å². The van der Waals surface area contributed by atoms with Crippen LogP contribution in [0.5, 0.6) is 0 Å². The molecule has 86 valence electrons. The highest BCUT2D eigenvalue weighted by Gasteiger charge is 2.19. The van der Waals surface area contributed by atoms with Crippen LogP contribution < -0.4 is 10.9 Å². The lowest BCUT2D eigenvalue weighted by Gasteiger charge is -2.14. The molecule has 1 aromatic heterocycles. The van der Waals surface area contributed by atoms with Crippen molar-refractivity contribution >= 4 is 29.7 Å². The van der Waals surface area contributed by atoms with Crippen molar-refractivity contribution < 1.29 is 9.59 Å². The lowest BCUT2D eigenvalue weighted by molar-refractivity contribution is -0.136. The Kier molecular flexibility index (Phi) is 3.86. The van der Waals surface area contributed by atoms with Gasteiger partial charge in [0.05, 0.1) is 0 Å². The molecule has 0 unspecified atom stereocenters. The lowest BCUT2D eigenvalue weighted by atomic mass is 10.3. The Bertz CT molecular complexity index is 483. The summed E-state index contributed by atoms with van der Waals surface area (Å²) >= 11 is 4.84. The molecule has 1 rings (SSSR count). The standard InChI is InChI=1S/C9H12N4O2S/c1-3-6(14)8(15)13(10)7-4-5(2)11-9(16)12-7/h4H,3,10H2,1-2H3,(H,11,12,16). The zero-order valence-corrected chi connectivity index (χ0v) is 9.80. The van der Waals surface area contributed by atoms with Crippen LogP contribution in [0.15, 0.2) is 6.07 Å². The number of rotatable bonds is 3. The fourth-order valence-electron chi connectivity index (χ4n) is 1.08.